The number of halogens is 2. The van der Waals surface area contributed by atoms with E-state index in [4.69, 9.17) is 17.3 Å². The monoisotopic (exact) mass is 302 g/mol. The highest BCUT2D eigenvalue weighted by Crippen LogP contribution is 2.39. The molecule has 2 rings (SSSR count). The summed E-state index contributed by atoms with van der Waals surface area (Å²) in [7, 11) is 0. The Kier molecular flexibility index (Phi) is 5.25. The van der Waals surface area contributed by atoms with Crippen molar-refractivity contribution in [3.63, 3.8) is 0 Å². The number of carbonyl (C=O) groups excluding carboxylic acids is 1. The lowest BCUT2D eigenvalue weighted by Crippen LogP contribution is -2.53. The van der Waals surface area contributed by atoms with Crippen molar-refractivity contribution in [3.8, 4) is 0 Å². The van der Waals surface area contributed by atoms with E-state index < -0.39 is 0 Å². The van der Waals surface area contributed by atoms with Crippen LogP contribution in [0.1, 0.15) is 35.7 Å². The summed E-state index contributed by atoms with van der Waals surface area (Å²) >= 11 is 5.94. The summed E-state index contributed by atoms with van der Waals surface area (Å²) in [5.41, 5.74) is 7.05. The van der Waals surface area contributed by atoms with Gasteiger partial charge in [-0.2, -0.15) is 0 Å². The fourth-order valence-corrected chi connectivity index (χ4v) is 2.38. The molecule has 1 aromatic rings. The summed E-state index contributed by atoms with van der Waals surface area (Å²) in [6.07, 6.45) is 2.28. The van der Waals surface area contributed by atoms with Gasteiger partial charge < -0.3 is 11.1 Å². The molecule has 1 saturated carbocycles. The van der Waals surface area contributed by atoms with Crippen LogP contribution in [0.25, 0.3) is 0 Å². The van der Waals surface area contributed by atoms with Crippen LogP contribution in [0.2, 0.25) is 5.02 Å². The lowest BCUT2D eigenvalue weighted by molar-refractivity contribution is 0.0897. The van der Waals surface area contributed by atoms with Gasteiger partial charge in [0.25, 0.3) is 5.91 Å². The Hall–Kier alpha value is -0.770. The molecule has 0 aromatic heterocycles. The predicted molar refractivity (Wildman–Crippen MR) is 81.1 cm³/mol. The maximum Gasteiger partial charge on any atom is 0.252 e. The van der Waals surface area contributed by atoms with Crippen molar-refractivity contribution in [2.24, 2.45) is 11.7 Å². The van der Waals surface area contributed by atoms with Crippen molar-refractivity contribution in [1.82, 2.24) is 5.32 Å². The second-order valence-corrected chi connectivity index (χ2v) is 5.75. The molecule has 0 bridgehead atoms. The highest BCUT2D eigenvalue weighted by atomic mass is 35.5. The van der Waals surface area contributed by atoms with Crippen molar-refractivity contribution >= 4 is 29.9 Å². The van der Waals surface area contributed by atoms with Gasteiger partial charge in [-0.1, -0.05) is 17.7 Å². The van der Waals surface area contributed by atoms with Crippen LogP contribution in [0.15, 0.2) is 18.2 Å². The van der Waals surface area contributed by atoms with Crippen LogP contribution in [-0.2, 0) is 0 Å². The molecule has 0 aliphatic heterocycles. The van der Waals surface area contributed by atoms with Crippen LogP contribution >= 0.6 is 24.0 Å². The fourth-order valence-electron chi connectivity index (χ4n) is 2.21. The van der Waals surface area contributed by atoms with Crippen molar-refractivity contribution in [1.29, 1.82) is 0 Å². The van der Waals surface area contributed by atoms with Crippen molar-refractivity contribution in [2.45, 2.75) is 32.2 Å². The lowest BCUT2D eigenvalue weighted by atomic mass is 9.95. The number of rotatable bonds is 4. The Morgan fingerprint density at radius 1 is 1.53 bits per heavy atom. The number of aryl methyl sites for hydroxylation is 1. The molecule has 0 spiro atoms. The molecule has 106 valence electrons. The number of hydrogen-bond acceptors (Lipinski definition) is 2. The Morgan fingerprint density at radius 3 is 2.68 bits per heavy atom. The smallest absolute Gasteiger partial charge is 0.252 e. The molecule has 1 aliphatic carbocycles. The van der Waals surface area contributed by atoms with Gasteiger partial charge in [-0.05, 0) is 50.3 Å². The molecule has 3 nitrogen and oxygen atoms in total. The quantitative estimate of drug-likeness (QED) is 0.898. The van der Waals surface area contributed by atoms with E-state index in [1.807, 2.05) is 19.9 Å². The van der Waals surface area contributed by atoms with Gasteiger partial charge in [0, 0.05) is 17.1 Å². The third-order valence-corrected chi connectivity index (χ3v) is 3.98. The molecule has 0 saturated heterocycles. The number of hydrogen-bond donors (Lipinski definition) is 2. The van der Waals surface area contributed by atoms with E-state index in [0.717, 1.165) is 18.4 Å². The van der Waals surface area contributed by atoms with Crippen LogP contribution in [0.3, 0.4) is 0 Å². The summed E-state index contributed by atoms with van der Waals surface area (Å²) in [4.78, 5) is 12.3. The predicted octanol–water partition coefficient (Wildman–Crippen LogP) is 2.93. The molecular formula is C14H20Cl2N2O. The molecule has 0 heterocycles. The zero-order valence-corrected chi connectivity index (χ0v) is 12.8. The van der Waals surface area contributed by atoms with Crippen LogP contribution in [0.4, 0.5) is 0 Å². The molecule has 19 heavy (non-hydrogen) atoms. The van der Waals surface area contributed by atoms with Gasteiger partial charge in [0.15, 0.2) is 0 Å². The second-order valence-electron chi connectivity index (χ2n) is 5.31. The first-order valence-corrected chi connectivity index (χ1v) is 6.63. The molecule has 1 unspecified atom stereocenters. The second kappa shape index (κ2) is 6.12. The van der Waals surface area contributed by atoms with Crippen LogP contribution in [0, 0.1) is 12.8 Å². The van der Waals surface area contributed by atoms with Gasteiger partial charge in [-0.15, -0.1) is 12.4 Å². The van der Waals surface area contributed by atoms with E-state index in [1.54, 1.807) is 12.1 Å². The van der Waals surface area contributed by atoms with Gasteiger partial charge in [0.2, 0.25) is 0 Å². The minimum Gasteiger partial charge on any atom is -0.345 e. The molecule has 1 aromatic carbocycles. The summed E-state index contributed by atoms with van der Waals surface area (Å²) < 4.78 is 0. The molecule has 5 heteroatoms. The Bertz CT molecular complexity index is 475. The van der Waals surface area contributed by atoms with E-state index in [2.05, 4.69) is 5.32 Å². The Labute approximate surface area is 125 Å². The molecule has 3 N–H and O–H groups in total. The minimum absolute atomic E-state index is 0. The summed E-state index contributed by atoms with van der Waals surface area (Å²) in [5.74, 6) is 0.417. The SMILES string of the molecule is Cc1ccc(Cl)cc1C(=O)NC(C)(CN)C1CC1.Cl. The van der Waals surface area contributed by atoms with Crippen LogP contribution in [0.5, 0.6) is 0 Å². The van der Waals surface area contributed by atoms with Crippen molar-refractivity contribution < 1.29 is 4.79 Å². The highest BCUT2D eigenvalue weighted by molar-refractivity contribution is 6.31. The Balaban J connectivity index is 0.00000180. The normalized spacial score (nSPS) is 17.3. The van der Waals surface area contributed by atoms with Crippen molar-refractivity contribution in [3.05, 3.63) is 34.3 Å². The van der Waals surface area contributed by atoms with E-state index in [-0.39, 0.29) is 23.9 Å². The number of carbonyl (C=O) groups is 1. The van der Waals surface area contributed by atoms with E-state index in [1.165, 1.54) is 0 Å². The van der Waals surface area contributed by atoms with Crippen LogP contribution < -0.4 is 11.1 Å². The topological polar surface area (TPSA) is 55.1 Å². The summed E-state index contributed by atoms with van der Waals surface area (Å²) in [6.45, 7) is 4.38. The maximum atomic E-state index is 12.3. The number of amides is 1. The van der Waals surface area contributed by atoms with E-state index in [9.17, 15) is 4.79 Å². The summed E-state index contributed by atoms with van der Waals surface area (Å²) in [5, 5.41) is 3.64. The zero-order valence-electron chi connectivity index (χ0n) is 11.2. The first-order valence-electron chi connectivity index (χ1n) is 6.25. The molecule has 1 aliphatic rings. The van der Waals surface area contributed by atoms with Crippen LogP contribution in [-0.4, -0.2) is 18.0 Å². The molecule has 0 radical (unpaired) electrons. The lowest BCUT2D eigenvalue weighted by Gasteiger charge is -2.29. The fraction of sp³-hybridized carbons (Fsp3) is 0.500. The zero-order chi connectivity index (χ0) is 13.3. The third kappa shape index (κ3) is 3.62. The number of nitrogens with one attached hydrogen (secondary N) is 1. The number of nitrogens with two attached hydrogens (primary N) is 1. The Morgan fingerprint density at radius 2 is 2.16 bits per heavy atom. The average Bonchev–Trinajstić information content (AvgIpc) is 3.16. The maximum absolute atomic E-state index is 12.3. The van der Waals surface area contributed by atoms with E-state index >= 15 is 0 Å². The largest absolute Gasteiger partial charge is 0.345 e. The first kappa shape index (κ1) is 16.3. The average molecular weight is 303 g/mol. The van der Waals surface area contributed by atoms with E-state index in [0.29, 0.717) is 23.0 Å². The van der Waals surface area contributed by atoms with Gasteiger partial charge in [0.1, 0.15) is 0 Å². The first-order chi connectivity index (χ1) is 8.46. The number of benzene rings is 1. The third-order valence-electron chi connectivity index (χ3n) is 3.75. The molecule has 1 amide bonds. The molecule has 1 atom stereocenters. The van der Waals surface area contributed by atoms with Crippen molar-refractivity contribution in [2.75, 3.05) is 6.54 Å². The molecule has 1 fully saturated rings. The van der Waals surface area contributed by atoms with Gasteiger partial charge in [0.05, 0.1) is 5.54 Å². The van der Waals surface area contributed by atoms with Gasteiger partial charge >= 0.3 is 0 Å². The van der Waals surface area contributed by atoms with Gasteiger partial charge in [-0.3, -0.25) is 4.79 Å². The molecular weight excluding hydrogens is 283 g/mol. The summed E-state index contributed by atoms with van der Waals surface area (Å²) in [6, 6.07) is 5.35. The standard InChI is InChI=1S/C14H19ClN2O.ClH/c1-9-3-6-11(15)7-12(9)13(18)17-14(2,8-16)10-4-5-10;/h3,6-7,10H,4-5,8,16H2,1-2H3,(H,17,18);1H. The highest BCUT2D eigenvalue weighted by Gasteiger charge is 2.41. The van der Waals surface area contributed by atoms with Gasteiger partial charge in [-0.25, -0.2) is 0 Å². The minimum atomic E-state index is -0.300.